The summed E-state index contributed by atoms with van der Waals surface area (Å²) < 4.78 is 1.06. The van der Waals surface area contributed by atoms with Crippen molar-refractivity contribution in [3.63, 3.8) is 0 Å². The molecule has 2 heterocycles. The van der Waals surface area contributed by atoms with Crippen LogP contribution in [0.4, 0.5) is 5.82 Å². The molecule has 23 heavy (non-hydrogen) atoms. The number of carbonyl (C=O) groups excluding carboxylic acids is 1. The Hall–Kier alpha value is -2.47. The van der Waals surface area contributed by atoms with Crippen molar-refractivity contribution in [2.45, 2.75) is 13.5 Å². The molecule has 3 rings (SSSR count). The fourth-order valence-electron chi connectivity index (χ4n) is 2.31. The molecule has 1 aromatic carbocycles. The number of aromatic nitrogens is 2. The summed E-state index contributed by atoms with van der Waals surface area (Å²) in [6.07, 6.45) is 0. The highest BCUT2D eigenvalue weighted by Gasteiger charge is 2.09. The first kappa shape index (κ1) is 15.4. The average molecular weight is 326 g/mol. The number of anilines is 1. The highest BCUT2D eigenvalue weighted by Crippen LogP contribution is 2.26. The van der Waals surface area contributed by atoms with Crippen molar-refractivity contribution in [2.24, 2.45) is 0 Å². The minimum Gasteiger partial charge on any atom is -0.365 e. The molecule has 0 aliphatic rings. The number of thiophene rings is 1. The van der Waals surface area contributed by atoms with Gasteiger partial charge in [0.1, 0.15) is 11.6 Å². The predicted octanol–water partition coefficient (Wildman–Crippen LogP) is 3.31. The average Bonchev–Trinajstić information content (AvgIpc) is 3.00. The third-order valence-corrected chi connectivity index (χ3v) is 4.39. The van der Waals surface area contributed by atoms with Gasteiger partial charge in [0, 0.05) is 26.2 Å². The largest absolute Gasteiger partial charge is 0.365 e. The maximum Gasteiger partial charge on any atom is 0.253 e. The van der Waals surface area contributed by atoms with Crippen molar-refractivity contribution in [1.82, 2.24) is 14.9 Å². The molecule has 0 saturated carbocycles. The Labute approximate surface area is 139 Å². The second kappa shape index (κ2) is 6.34. The Morgan fingerprint density at radius 1 is 1.17 bits per heavy atom. The van der Waals surface area contributed by atoms with E-state index in [4.69, 9.17) is 0 Å². The van der Waals surface area contributed by atoms with E-state index < -0.39 is 0 Å². The Bertz CT molecular complexity index is 839. The highest BCUT2D eigenvalue weighted by molar-refractivity contribution is 7.17. The number of amides is 1. The van der Waals surface area contributed by atoms with Crippen LogP contribution in [-0.2, 0) is 6.54 Å². The second-order valence-corrected chi connectivity index (χ2v) is 6.42. The zero-order valence-electron chi connectivity index (χ0n) is 13.3. The maximum atomic E-state index is 11.9. The number of benzene rings is 1. The standard InChI is InChI=1S/C17H18N4OS/c1-11-19-14-8-9-23-15(14)16(20-11)18-10-12-4-6-13(7-5-12)17(22)21(2)3/h4-9H,10H2,1-3H3,(H,18,19,20). The van der Waals surface area contributed by atoms with Gasteiger partial charge in [-0.15, -0.1) is 11.3 Å². The van der Waals surface area contributed by atoms with Crippen molar-refractivity contribution >= 4 is 33.3 Å². The smallest absolute Gasteiger partial charge is 0.253 e. The molecule has 0 atom stereocenters. The molecule has 0 fully saturated rings. The van der Waals surface area contributed by atoms with Crippen LogP contribution in [0, 0.1) is 6.92 Å². The van der Waals surface area contributed by atoms with Crippen molar-refractivity contribution < 1.29 is 4.79 Å². The zero-order chi connectivity index (χ0) is 16.4. The Balaban J connectivity index is 1.75. The lowest BCUT2D eigenvalue weighted by molar-refractivity contribution is 0.0827. The van der Waals surface area contributed by atoms with Gasteiger partial charge in [0.2, 0.25) is 0 Å². The van der Waals surface area contributed by atoms with E-state index in [9.17, 15) is 4.79 Å². The van der Waals surface area contributed by atoms with Crippen LogP contribution in [0.1, 0.15) is 21.7 Å². The molecule has 0 radical (unpaired) electrons. The van der Waals surface area contributed by atoms with Crippen LogP contribution in [0.15, 0.2) is 35.7 Å². The van der Waals surface area contributed by atoms with Crippen LogP contribution in [0.5, 0.6) is 0 Å². The first-order valence-electron chi connectivity index (χ1n) is 7.31. The summed E-state index contributed by atoms with van der Waals surface area (Å²) in [5, 5.41) is 5.39. The van der Waals surface area contributed by atoms with E-state index >= 15 is 0 Å². The molecular weight excluding hydrogens is 308 g/mol. The molecule has 0 bridgehead atoms. The minimum absolute atomic E-state index is 0.0104. The molecule has 1 N–H and O–H groups in total. The van der Waals surface area contributed by atoms with Gasteiger partial charge in [-0.05, 0) is 36.1 Å². The molecule has 2 aromatic heterocycles. The first-order chi connectivity index (χ1) is 11.0. The molecule has 3 aromatic rings. The zero-order valence-corrected chi connectivity index (χ0v) is 14.1. The van der Waals surface area contributed by atoms with Gasteiger partial charge in [0.05, 0.1) is 10.2 Å². The lowest BCUT2D eigenvalue weighted by atomic mass is 10.1. The van der Waals surface area contributed by atoms with E-state index in [2.05, 4.69) is 15.3 Å². The monoisotopic (exact) mass is 326 g/mol. The molecule has 0 aliphatic heterocycles. The quantitative estimate of drug-likeness (QED) is 0.799. The number of rotatable bonds is 4. The highest BCUT2D eigenvalue weighted by atomic mass is 32.1. The lowest BCUT2D eigenvalue weighted by Gasteiger charge is -2.11. The third-order valence-electron chi connectivity index (χ3n) is 3.48. The predicted molar refractivity (Wildman–Crippen MR) is 93.9 cm³/mol. The topological polar surface area (TPSA) is 58.1 Å². The van der Waals surface area contributed by atoms with E-state index in [-0.39, 0.29) is 5.91 Å². The molecule has 0 spiro atoms. The van der Waals surface area contributed by atoms with Gasteiger partial charge in [0.25, 0.3) is 5.91 Å². The Kier molecular flexibility index (Phi) is 4.25. The second-order valence-electron chi connectivity index (χ2n) is 5.50. The summed E-state index contributed by atoms with van der Waals surface area (Å²) in [7, 11) is 3.50. The van der Waals surface area contributed by atoms with Gasteiger partial charge >= 0.3 is 0 Å². The van der Waals surface area contributed by atoms with E-state index in [0.717, 1.165) is 27.4 Å². The van der Waals surface area contributed by atoms with Gasteiger partial charge in [0.15, 0.2) is 0 Å². The van der Waals surface area contributed by atoms with E-state index in [1.54, 1.807) is 30.3 Å². The number of carbonyl (C=O) groups is 1. The molecule has 118 valence electrons. The van der Waals surface area contributed by atoms with Gasteiger partial charge < -0.3 is 10.2 Å². The summed E-state index contributed by atoms with van der Waals surface area (Å²) in [5.41, 5.74) is 2.76. The van der Waals surface area contributed by atoms with Crippen molar-refractivity contribution in [3.8, 4) is 0 Å². The van der Waals surface area contributed by atoms with Crippen LogP contribution in [0.3, 0.4) is 0 Å². The van der Waals surface area contributed by atoms with Crippen LogP contribution in [0.2, 0.25) is 0 Å². The van der Waals surface area contributed by atoms with Crippen LogP contribution < -0.4 is 5.32 Å². The van der Waals surface area contributed by atoms with Crippen LogP contribution in [-0.4, -0.2) is 34.9 Å². The summed E-state index contributed by atoms with van der Waals surface area (Å²) in [6.45, 7) is 2.55. The molecule has 0 aliphatic carbocycles. The molecule has 0 unspecified atom stereocenters. The summed E-state index contributed by atoms with van der Waals surface area (Å²) in [5.74, 6) is 1.62. The fourth-order valence-corrected chi connectivity index (χ4v) is 3.11. The van der Waals surface area contributed by atoms with E-state index in [1.807, 2.05) is 42.6 Å². The van der Waals surface area contributed by atoms with Gasteiger partial charge in [-0.1, -0.05) is 12.1 Å². The van der Waals surface area contributed by atoms with Gasteiger partial charge in [-0.25, -0.2) is 9.97 Å². The van der Waals surface area contributed by atoms with Crippen molar-refractivity contribution in [3.05, 3.63) is 52.7 Å². The Morgan fingerprint density at radius 2 is 1.91 bits per heavy atom. The number of nitrogens with one attached hydrogen (secondary N) is 1. The molecule has 0 saturated heterocycles. The van der Waals surface area contributed by atoms with Crippen LogP contribution >= 0.6 is 11.3 Å². The summed E-state index contributed by atoms with van der Waals surface area (Å²) in [4.78, 5) is 22.4. The third kappa shape index (κ3) is 3.32. The van der Waals surface area contributed by atoms with Crippen LogP contribution in [0.25, 0.3) is 10.2 Å². The van der Waals surface area contributed by atoms with Gasteiger partial charge in [-0.3, -0.25) is 4.79 Å². The Morgan fingerprint density at radius 3 is 2.61 bits per heavy atom. The van der Waals surface area contributed by atoms with Crippen molar-refractivity contribution in [1.29, 1.82) is 0 Å². The van der Waals surface area contributed by atoms with Crippen molar-refractivity contribution in [2.75, 3.05) is 19.4 Å². The fraction of sp³-hybridized carbons (Fsp3) is 0.235. The molecular formula is C17H18N4OS. The number of aryl methyl sites for hydroxylation is 1. The number of nitrogens with zero attached hydrogens (tertiary/aromatic N) is 3. The molecule has 5 nitrogen and oxygen atoms in total. The van der Waals surface area contributed by atoms with E-state index in [0.29, 0.717) is 12.1 Å². The number of fused-ring (bicyclic) bond motifs is 1. The lowest BCUT2D eigenvalue weighted by Crippen LogP contribution is -2.21. The normalized spacial score (nSPS) is 10.7. The number of hydrogen-bond acceptors (Lipinski definition) is 5. The molecule has 6 heteroatoms. The first-order valence-corrected chi connectivity index (χ1v) is 8.19. The maximum absolute atomic E-state index is 11.9. The SMILES string of the molecule is Cc1nc(NCc2ccc(C(=O)N(C)C)cc2)c2sccc2n1. The summed E-state index contributed by atoms with van der Waals surface area (Å²) >= 11 is 1.63. The minimum atomic E-state index is 0.0104. The molecule has 1 amide bonds. The summed E-state index contributed by atoms with van der Waals surface area (Å²) in [6, 6.07) is 9.63. The van der Waals surface area contributed by atoms with E-state index in [1.165, 1.54) is 0 Å². The number of hydrogen-bond donors (Lipinski definition) is 1. The van der Waals surface area contributed by atoms with Gasteiger partial charge in [-0.2, -0.15) is 0 Å².